The number of aromatic nitrogens is 2. The van der Waals surface area contributed by atoms with E-state index in [4.69, 9.17) is 12.2 Å². The summed E-state index contributed by atoms with van der Waals surface area (Å²) in [5.74, 6) is 0.882. The van der Waals surface area contributed by atoms with Crippen molar-refractivity contribution in [2.45, 2.75) is 33.1 Å². The molecule has 0 amide bonds. The predicted molar refractivity (Wildman–Crippen MR) is 52.9 cm³/mol. The van der Waals surface area contributed by atoms with Crippen molar-refractivity contribution in [2.75, 3.05) is 0 Å². The van der Waals surface area contributed by atoms with Gasteiger partial charge in [0, 0.05) is 11.1 Å². The third-order valence-corrected chi connectivity index (χ3v) is 1.88. The van der Waals surface area contributed by atoms with Crippen LogP contribution in [0, 0.1) is 11.6 Å². The Morgan fingerprint density at radius 1 is 1.42 bits per heavy atom. The van der Waals surface area contributed by atoms with Gasteiger partial charge in [-0.1, -0.05) is 33.0 Å². The van der Waals surface area contributed by atoms with E-state index in [2.05, 4.69) is 30.7 Å². The van der Waals surface area contributed by atoms with Gasteiger partial charge in [-0.05, 0) is 13.0 Å². The number of H-pyrrole nitrogens is 1. The molecular formula is C9H14N2S. The Hall–Kier alpha value is -0.700. The molecule has 12 heavy (non-hydrogen) atoms. The van der Waals surface area contributed by atoms with E-state index in [-0.39, 0.29) is 5.41 Å². The summed E-state index contributed by atoms with van der Waals surface area (Å²) >= 11 is 5.02. The van der Waals surface area contributed by atoms with E-state index in [1.165, 1.54) is 0 Å². The molecule has 0 aromatic carbocycles. The first-order valence-electron chi connectivity index (χ1n) is 3.98. The maximum Gasteiger partial charge on any atom is 0.129 e. The van der Waals surface area contributed by atoms with Crippen LogP contribution >= 0.6 is 12.2 Å². The lowest BCUT2D eigenvalue weighted by Crippen LogP contribution is -2.14. The van der Waals surface area contributed by atoms with Crippen LogP contribution in [-0.2, 0) is 5.41 Å². The largest absolute Gasteiger partial charge is 0.347 e. The molecule has 1 aromatic rings. The minimum atomic E-state index is 0.112. The molecule has 1 aromatic heterocycles. The number of aromatic amines is 1. The van der Waals surface area contributed by atoms with E-state index in [1.807, 2.05) is 13.0 Å². The lowest BCUT2D eigenvalue weighted by molar-refractivity contribution is 0.563. The zero-order chi connectivity index (χ0) is 9.35. The summed E-state index contributed by atoms with van der Waals surface area (Å²) in [4.78, 5) is 7.32. The molecule has 0 saturated carbocycles. The van der Waals surface area contributed by atoms with Crippen LogP contribution < -0.4 is 0 Å². The number of hydrogen-bond acceptors (Lipinski definition) is 2. The molecule has 66 valence electrons. The molecule has 0 atom stereocenters. The number of nitrogens with one attached hydrogen (secondary N) is 1. The molecule has 0 aliphatic heterocycles. The zero-order valence-corrected chi connectivity index (χ0v) is 8.75. The topological polar surface area (TPSA) is 28.7 Å². The summed E-state index contributed by atoms with van der Waals surface area (Å²) in [6.45, 7) is 8.36. The highest BCUT2D eigenvalue weighted by molar-refractivity contribution is 7.71. The van der Waals surface area contributed by atoms with Gasteiger partial charge in [0.15, 0.2) is 0 Å². The van der Waals surface area contributed by atoms with Crippen molar-refractivity contribution in [3.8, 4) is 0 Å². The lowest BCUT2D eigenvalue weighted by Gasteiger charge is -2.18. The Balaban J connectivity index is 3.27. The van der Waals surface area contributed by atoms with Gasteiger partial charge in [0.2, 0.25) is 0 Å². The second-order valence-corrected chi connectivity index (χ2v) is 4.39. The van der Waals surface area contributed by atoms with Gasteiger partial charge >= 0.3 is 0 Å². The monoisotopic (exact) mass is 182 g/mol. The highest BCUT2D eigenvalue weighted by Crippen LogP contribution is 2.19. The molecule has 2 nitrogen and oxygen atoms in total. The minimum Gasteiger partial charge on any atom is -0.347 e. The Labute approximate surface area is 78.1 Å². The smallest absolute Gasteiger partial charge is 0.129 e. The van der Waals surface area contributed by atoms with Crippen molar-refractivity contribution < 1.29 is 0 Å². The molecule has 0 aliphatic carbocycles. The van der Waals surface area contributed by atoms with Gasteiger partial charge in [-0.3, -0.25) is 0 Å². The van der Waals surface area contributed by atoms with Crippen molar-refractivity contribution in [1.82, 2.24) is 9.97 Å². The molecule has 0 bridgehead atoms. The van der Waals surface area contributed by atoms with E-state index in [0.29, 0.717) is 4.64 Å². The molecule has 1 heterocycles. The van der Waals surface area contributed by atoms with Gasteiger partial charge in [-0.25, -0.2) is 4.98 Å². The third kappa shape index (κ3) is 2.14. The molecule has 0 radical (unpaired) electrons. The van der Waals surface area contributed by atoms with Crippen molar-refractivity contribution in [3.63, 3.8) is 0 Å². The fraction of sp³-hybridized carbons (Fsp3) is 0.556. The predicted octanol–water partition coefficient (Wildman–Crippen LogP) is 2.75. The molecule has 0 fully saturated rings. The number of rotatable bonds is 0. The summed E-state index contributed by atoms with van der Waals surface area (Å²) in [7, 11) is 0. The van der Waals surface area contributed by atoms with Gasteiger partial charge in [0.05, 0.1) is 0 Å². The number of hydrogen-bond donors (Lipinski definition) is 1. The van der Waals surface area contributed by atoms with Crippen LogP contribution in [0.15, 0.2) is 6.07 Å². The van der Waals surface area contributed by atoms with E-state index in [9.17, 15) is 0 Å². The van der Waals surface area contributed by atoms with Crippen LogP contribution in [0.1, 0.15) is 32.3 Å². The number of nitrogens with zero attached hydrogens (tertiary/aromatic N) is 1. The molecule has 0 aliphatic rings. The second kappa shape index (κ2) is 2.98. The molecule has 0 unspecified atom stereocenters. The van der Waals surface area contributed by atoms with Crippen LogP contribution in [0.2, 0.25) is 0 Å². The van der Waals surface area contributed by atoms with E-state index in [1.54, 1.807) is 0 Å². The van der Waals surface area contributed by atoms with Crippen LogP contribution in [0.3, 0.4) is 0 Å². The minimum absolute atomic E-state index is 0.112. The molecule has 3 heteroatoms. The van der Waals surface area contributed by atoms with E-state index in [0.717, 1.165) is 11.5 Å². The Morgan fingerprint density at radius 3 is 2.42 bits per heavy atom. The molecule has 1 N–H and O–H groups in total. The third-order valence-electron chi connectivity index (χ3n) is 1.67. The first kappa shape index (κ1) is 9.39. The highest BCUT2D eigenvalue weighted by Gasteiger charge is 2.14. The van der Waals surface area contributed by atoms with Crippen LogP contribution in [0.4, 0.5) is 0 Å². The average Bonchev–Trinajstić information content (AvgIpc) is 1.82. The standard InChI is InChI=1S/C9H14N2S/c1-6-10-7(9(2,3)4)5-8(12)11-6/h5H,1-4H3,(H,10,11,12). The Kier molecular flexibility index (Phi) is 2.33. The molecular weight excluding hydrogens is 168 g/mol. The first-order chi connectivity index (χ1) is 5.39. The average molecular weight is 182 g/mol. The van der Waals surface area contributed by atoms with Gasteiger partial charge in [0.25, 0.3) is 0 Å². The highest BCUT2D eigenvalue weighted by atomic mass is 32.1. The van der Waals surface area contributed by atoms with Gasteiger partial charge < -0.3 is 4.98 Å². The fourth-order valence-electron chi connectivity index (χ4n) is 0.984. The van der Waals surface area contributed by atoms with Crippen LogP contribution in [0.25, 0.3) is 0 Å². The van der Waals surface area contributed by atoms with Crippen molar-refractivity contribution in [2.24, 2.45) is 0 Å². The van der Waals surface area contributed by atoms with Gasteiger partial charge in [-0.2, -0.15) is 0 Å². The quantitative estimate of drug-likeness (QED) is 0.625. The Bertz CT molecular complexity index is 333. The Morgan fingerprint density at radius 2 is 2.00 bits per heavy atom. The summed E-state index contributed by atoms with van der Waals surface area (Å²) in [6.07, 6.45) is 0. The van der Waals surface area contributed by atoms with Crippen molar-refractivity contribution in [1.29, 1.82) is 0 Å². The van der Waals surface area contributed by atoms with Gasteiger partial charge in [0.1, 0.15) is 10.5 Å². The van der Waals surface area contributed by atoms with Crippen molar-refractivity contribution >= 4 is 12.2 Å². The molecule has 1 rings (SSSR count). The summed E-state index contributed by atoms with van der Waals surface area (Å²) in [5, 5.41) is 0. The summed E-state index contributed by atoms with van der Waals surface area (Å²) in [5.41, 5.74) is 1.25. The first-order valence-corrected chi connectivity index (χ1v) is 4.39. The lowest BCUT2D eigenvalue weighted by atomic mass is 9.92. The summed E-state index contributed by atoms with van der Waals surface area (Å²) in [6, 6.07) is 1.92. The maximum atomic E-state index is 5.02. The zero-order valence-electron chi connectivity index (χ0n) is 7.93. The maximum absolute atomic E-state index is 5.02. The SMILES string of the molecule is Cc1nc(=S)cc(C(C)(C)C)[nH]1. The molecule has 0 spiro atoms. The molecule has 0 saturated heterocycles. The van der Waals surface area contributed by atoms with Crippen molar-refractivity contribution in [3.05, 3.63) is 22.2 Å². The van der Waals surface area contributed by atoms with E-state index < -0.39 is 0 Å². The van der Waals surface area contributed by atoms with Gasteiger partial charge in [-0.15, -0.1) is 0 Å². The normalized spacial score (nSPS) is 11.7. The van der Waals surface area contributed by atoms with Crippen LogP contribution in [-0.4, -0.2) is 9.97 Å². The summed E-state index contributed by atoms with van der Waals surface area (Å²) < 4.78 is 0.663. The van der Waals surface area contributed by atoms with Crippen LogP contribution in [0.5, 0.6) is 0 Å². The second-order valence-electron chi connectivity index (χ2n) is 3.97. The fourth-order valence-corrected chi connectivity index (χ4v) is 1.24. The van der Waals surface area contributed by atoms with E-state index >= 15 is 0 Å². The number of aryl methyl sites for hydroxylation is 1.